The molecular weight excluding hydrogens is 335 g/mol. The van der Waals surface area contributed by atoms with Crippen LogP contribution in [0.1, 0.15) is 12.8 Å². The number of nitrogens with zero attached hydrogens (tertiary/aromatic N) is 3. The van der Waals surface area contributed by atoms with Gasteiger partial charge >= 0.3 is 12.1 Å². The van der Waals surface area contributed by atoms with Crippen molar-refractivity contribution in [3.8, 4) is 0 Å². The summed E-state index contributed by atoms with van der Waals surface area (Å²) in [5.41, 5.74) is 1.06. The van der Waals surface area contributed by atoms with Crippen LogP contribution in [0.15, 0.2) is 30.3 Å². The first-order valence-corrected chi connectivity index (χ1v) is 8.34. The van der Waals surface area contributed by atoms with E-state index in [0.29, 0.717) is 43.9 Å². The van der Waals surface area contributed by atoms with E-state index in [1.807, 2.05) is 30.3 Å². The average Bonchev–Trinajstić information content (AvgIpc) is 3.10. The molecule has 2 amide bonds. The standard InChI is InChI=1S/C17H20F3N3O2/c18-17(19,20)16(25)23-8-4-7-14(23)15(24)22-11-9-21(10-12-22)13-5-2-1-3-6-13/h1-3,5-6,14H,4,7-12H2. The number of benzene rings is 1. The Labute approximate surface area is 144 Å². The van der Waals surface area contributed by atoms with Gasteiger partial charge in [-0.1, -0.05) is 18.2 Å². The summed E-state index contributed by atoms with van der Waals surface area (Å²) in [5, 5.41) is 0. The van der Waals surface area contributed by atoms with Crippen LogP contribution in [0.3, 0.4) is 0 Å². The topological polar surface area (TPSA) is 43.9 Å². The van der Waals surface area contributed by atoms with Gasteiger partial charge in [0.1, 0.15) is 6.04 Å². The number of halogens is 3. The minimum absolute atomic E-state index is 0.0151. The Morgan fingerprint density at radius 1 is 0.960 bits per heavy atom. The molecule has 2 fully saturated rings. The maximum Gasteiger partial charge on any atom is 0.471 e. The molecule has 25 heavy (non-hydrogen) atoms. The predicted octanol–water partition coefficient (Wildman–Crippen LogP) is 1.89. The molecular formula is C17H20F3N3O2. The highest BCUT2D eigenvalue weighted by atomic mass is 19.4. The molecule has 0 saturated carbocycles. The number of amides is 2. The number of para-hydroxylation sites is 1. The van der Waals surface area contributed by atoms with Crippen LogP contribution < -0.4 is 4.90 Å². The predicted molar refractivity (Wildman–Crippen MR) is 86.0 cm³/mol. The molecule has 2 saturated heterocycles. The summed E-state index contributed by atoms with van der Waals surface area (Å²) in [4.78, 5) is 28.6. The molecule has 1 aromatic rings. The summed E-state index contributed by atoms with van der Waals surface area (Å²) < 4.78 is 38.1. The summed E-state index contributed by atoms with van der Waals surface area (Å²) in [7, 11) is 0. The number of piperazine rings is 1. The molecule has 8 heteroatoms. The van der Waals surface area contributed by atoms with Gasteiger partial charge in [-0.05, 0) is 25.0 Å². The molecule has 0 aliphatic carbocycles. The number of likely N-dealkylation sites (tertiary alicyclic amines) is 1. The number of hydrogen-bond donors (Lipinski definition) is 0. The molecule has 3 rings (SSSR count). The maximum atomic E-state index is 12.7. The minimum atomic E-state index is -4.94. The van der Waals surface area contributed by atoms with Gasteiger partial charge in [-0.15, -0.1) is 0 Å². The minimum Gasteiger partial charge on any atom is -0.368 e. The van der Waals surface area contributed by atoms with Crippen molar-refractivity contribution in [3.63, 3.8) is 0 Å². The fourth-order valence-corrected chi connectivity index (χ4v) is 3.46. The van der Waals surface area contributed by atoms with E-state index in [1.165, 1.54) is 0 Å². The van der Waals surface area contributed by atoms with Gasteiger partial charge in [0.25, 0.3) is 0 Å². The number of hydrogen-bond acceptors (Lipinski definition) is 3. The second-order valence-corrected chi connectivity index (χ2v) is 6.30. The highest BCUT2D eigenvalue weighted by Crippen LogP contribution is 2.27. The molecule has 2 heterocycles. The van der Waals surface area contributed by atoms with Gasteiger partial charge in [-0.3, -0.25) is 9.59 Å². The second-order valence-electron chi connectivity index (χ2n) is 6.30. The van der Waals surface area contributed by atoms with E-state index in [4.69, 9.17) is 0 Å². The van der Waals surface area contributed by atoms with Crippen LogP contribution in [0.5, 0.6) is 0 Å². The van der Waals surface area contributed by atoms with E-state index in [1.54, 1.807) is 4.90 Å². The Balaban J connectivity index is 1.61. The normalized spacial score (nSPS) is 21.6. The molecule has 5 nitrogen and oxygen atoms in total. The number of carbonyl (C=O) groups is 2. The molecule has 1 atom stereocenters. The van der Waals surface area contributed by atoms with Crippen molar-refractivity contribution in [3.05, 3.63) is 30.3 Å². The van der Waals surface area contributed by atoms with Crippen LogP contribution in [0.4, 0.5) is 18.9 Å². The fourth-order valence-electron chi connectivity index (χ4n) is 3.46. The van der Waals surface area contributed by atoms with Crippen molar-refractivity contribution >= 4 is 17.5 Å². The van der Waals surface area contributed by atoms with E-state index >= 15 is 0 Å². The fraction of sp³-hybridized carbons (Fsp3) is 0.529. The lowest BCUT2D eigenvalue weighted by Gasteiger charge is -2.38. The van der Waals surface area contributed by atoms with Crippen molar-refractivity contribution in [2.75, 3.05) is 37.6 Å². The summed E-state index contributed by atoms with van der Waals surface area (Å²) in [5.74, 6) is -2.28. The second kappa shape index (κ2) is 6.93. The molecule has 136 valence electrons. The molecule has 1 aromatic carbocycles. The van der Waals surface area contributed by atoms with Gasteiger partial charge in [-0.2, -0.15) is 13.2 Å². The highest BCUT2D eigenvalue weighted by molar-refractivity contribution is 5.90. The van der Waals surface area contributed by atoms with Crippen LogP contribution in [0.2, 0.25) is 0 Å². The number of rotatable bonds is 2. The first-order valence-electron chi connectivity index (χ1n) is 8.34. The van der Waals surface area contributed by atoms with E-state index < -0.39 is 18.1 Å². The van der Waals surface area contributed by atoms with Crippen LogP contribution >= 0.6 is 0 Å². The SMILES string of the molecule is O=C(C1CCCN1C(=O)C(F)(F)F)N1CCN(c2ccccc2)CC1. The lowest BCUT2D eigenvalue weighted by atomic mass is 10.1. The summed E-state index contributed by atoms with van der Waals surface area (Å²) >= 11 is 0. The molecule has 0 radical (unpaired) electrons. The van der Waals surface area contributed by atoms with E-state index in [0.717, 1.165) is 5.69 Å². The highest BCUT2D eigenvalue weighted by Gasteiger charge is 2.48. The Kier molecular flexibility index (Phi) is 4.87. The van der Waals surface area contributed by atoms with Crippen molar-refractivity contribution in [2.24, 2.45) is 0 Å². The summed E-state index contributed by atoms with van der Waals surface area (Å²) in [6.45, 7) is 2.11. The van der Waals surface area contributed by atoms with Crippen molar-refractivity contribution < 1.29 is 22.8 Å². The zero-order valence-electron chi connectivity index (χ0n) is 13.7. The molecule has 0 bridgehead atoms. The third kappa shape index (κ3) is 3.72. The third-order valence-corrected chi connectivity index (χ3v) is 4.75. The number of carbonyl (C=O) groups excluding carboxylic acids is 2. The molecule has 0 spiro atoms. The van der Waals surface area contributed by atoms with Gasteiger partial charge in [0.2, 0.25) is 5.91 Å². The van der Waals surface area contributed by atoms with Crippen LogP contribution in [0.25, 0.3) is 0 Å². The van der Waals surface area contributed by atoms with Crippen molar-refractivity contribution in [1.29, 1.82) is 0 Å². The molecule has 0 N–H and O–H groups in total. The van der Waals surface area contributed by atoms with Gasteiger partial charge in [0.05, 0.1) is 0 Å². The first kappa shape index (κ1) is 17.6. The Hall–Kier alpha value is -2.25. The third-order valence-electron chi connectivity index (χ3n) is 4.75. The zero-order valence-corrected chi connectivity index (χ0v) is 13.7. The Bertz CT molecular complexity index is 628. The van der Waals surface area contributed by atoms with Gasteiger partial charge in [0.15, 0.2) is 0 Å². The van der Waals surface area contributed by atoms with Crippen LogP contribution in [0, 0.1) is 0 Å². The smallest absolute Gasteiger partial charge is 0.368 e. The van der Waals surface area contributed by atoms with Gasteiger partial charge in [-0.25, -0.2) is 0 Å². The van der Waals surface area contributed by atoms with Crippen molar-refractivity contribution in [2.45, 2.75) is 25.1 Å². The zero-order chi connectivity index (χ0) is 18.0. The lowest BCUT2D eigenvalue weighted by Crippen LogP contribution is -2.55. The monoisotopic (exact) mass is 355 g/mol. The summed E-state index contributed by atoms with van der Waals surface area (Å²) in [6.07, 6.45) is -4.23. The van der Waals surface area contributed by atoms with E-state index in [2.05, 4.69) is 4.90 Å². The molecule has 0 aromatic heterocycles. The lowest BCUT2D eigenvalue weighted by molar-refractivity contribution is -0.187. The first-order chi connectivity index (χ1) is 11.9. The van der Waals surface area contributed by atoms with Gasteiger partial charge in [0, 0.05) is 38.4 Å². The number of alkyl halides is 3. The Morgan fingerprint density at radius 3 is 2.20 bits per heavy atom. The van der Waals surface area contributed by atoms with Crippen molar-refractivity contribution in [1.82, 2.24) is 9.80 Å². The molecule has 2 aliphatic heterocycles. The van der Waals surface area contributed by atoms with E-state index in [-0.39, 0.29) is 12.5 Å². The number of anilines is 1. The molecule has 2 aliphatic rings. The maximum absolute atomic E-state index is 12.7. The largest absolute Gasteiger partial charge is 0.471 e. The van der Waals surface area contributed by atoms with Crippen LogP contribution in [-0.2, 0) is 9.59 Å². The van der Waals surface area contributed by atoms with Crippen LogP contribution in [-0.4, -0.2) is 66.6 Å². The Morgan fingerprint density at radius 2 is 1.60 bits per heavy atom. The van der Waals surface area contributed by atoms with Gasteiger partial charge < -0.3 is 14.7 Å². The quantitative estimate of drug-likeness (QED) is 0.814. The summed E-state index contributed by atoms with van der Waals surface area (Å²) in [6, 6.07) is 8.78. The van der Waals surface area contributed by atoms with E-state index in [9.17, 15) is 22.8 Å². The molecule has 1 unspecified atom stereocenters. The average molecular weight is 355 g/mol.